The Labute approximate surface area is 187 Å². The van der Waals surface area contributed by atoms with Gasteiger partial charge in [0, 0.05) is 13.2 Å². The maximum Gasteiger partial charge on any atom is 0.231 e. The Morgan fingerprint density at radius 3 is 3.03 bits per heavy atom. The van der Waals surface area contributed by atoms with Crippen molar-refractivity contribution in [2.24, 2.45) is 0 Å². The van der Waals surface area contributed by atoms with Crippen molar-refractivity contribution in [1.29, 1.82) is 0 Å². The Morgan fingerprint density at radius 1 is 1.26 bits per heavy atom. The second kappa shape index (κ2) is 9.29. The number of amides is 1. The molecule has 2 aliphatic rings. The predicted molar refractivity (Wildman–Crippen MR) is 117 cm³/mol. The number of fused-ring (bicyclic) bond motifs is 1. The van der Waals surface area contributed by atoms with Crippen LogP contribution in [0, 0.1) is 0 Å². The first-order valence-electron chi connectivity index (χ1n) is 10.1. The Hall–Kier alpha value is -2.56. The minimum atomic E-state index is -0.0630. The fourth-order valence-corrected chi connectivity index (χ4v) is 5.07. The van der Waals surface area contributed by atoms with E-state index in [1.54, 1.807) is 11.3 Å². The second-order valence-corrected chi connectivity index (χ2v) is 9.17. The van der Waals surface area contributed by atoms with E-state index in [0.29, 0.717) is 18.8 Å². The third-order valence-corrected chi connectivity index (χ3v) is 6.96. The lowest BCUT2D eigenvalue weighted by Crippen LogP contribution is -2.25. The van der Waals surface area contributed by atoms with E-state index in [0.717, 1.165) is 46.6 Å². The van der Waals surface area contributed by atoms with Crippen molar-refractivity contribution in [1.82, 2.24) is 20.1 Å². The molecule has 1 aromatic carbocycles. The van der Waals surface area contributed by atoms with E-state index in [1.165, 1.54) is 11.8 Å². The van der Waals surface area contributed by atoms with Gasteiger partial charge in [-0.1, -0.05) is 23.9 Å². The predicted octanol–water partition coefficient (Wildman–Crippen LogP) is 3.32. The number of thiophene rings is 1. The average Bonchev–Trinajstić information content (AvgIpc) is 3.58. The van der Waals surface area contributed by atoms with Gasteiger partial charge >= 0.3 is 0 Å². The van der Waals surface area contributed by atoms with Gasteiger partial charge in [0.25, 0.3) is 0 Å². The summed E-state index contributed by atoms with van der Waals surface area (Å²) in [5, 5.41) is 14.5. The molecule has 162 valence electrons. The summed E-state index contributed by atoms with van der Waals surface area (Å²) in [6.45, 7) is 2.16. The lowest BCUT2D eigenvalue weighted by atomic mass is 10.2. The topological polar surface area (TPSA) is 87.5 Å². The van der Waals surface area contributed by atoms with Crippen molar-refractivity contribution in [3.63, 3.8) is 0 Å². The zero-order valence-electron chi connectivity index (χ0n) is 16.8. The minimum Gasteiger partial charge on any atom is -0.454 e. The number of thioether (sulfide) groups is 1. The summed E-state index contributed by atoms with van der Waals surface area (Å²) in [6, 6.07) is 9.71. The zero-order chi connectivity index (χ0) is 21.0. The molecule has 0 radical (unpaired) electrons. The average molecular weight is 459 g/mol. The molecular weight excluding hydrogens is 436 g/mol. The van der Waals surface area contributed by atoms with Crippen molar-refractivity contribution in [3.8, 4) is 22.2 Å². The van der Waals surface area contributed by atoms with Gasteiger partial charge < -0.3 is 19.5 Å². The summed E-state index contributed by atoms with van der Waals surface area (Å²) >= 11 is 3.02. The molecule has 8 nitrogen and oxygen atoms in total. The number of nitrogens with one attached hydrogen (secondary N) is 1. The van der Waals surface area contributed by atoms with E-state index in [1.807, 2.05) is 35.7 Å². The number of hydrogen-bond donors (Lipinski definition) is 1. The van der Waals surface area contributed by atoms with Crippen LogP contribution in [0.1, 0.15) is 18.4 Å². The molecule has 31 heavy (non-hydrogen) atoms. The number of aromatic nitrogens is 3. The van der Waals surface area contributed by atoms with E-state index < -0.39 is 0 Å². The highest BCUT2D eigenvalue weighted by Crippen LogP contribution is 2.32. The van der Waals surface area contributed by atoms with Crippen molar-refractivity contribution < 1.29 is 19.0 Å². The van der Waals surface area contributed by atoms with Gasteiger partial charge in [-0.25, -0.2) is 0 Å². The molecule has 1 amide bonds. The summed E-state index contributed by atoms with van der Waals surface area (Å²) in [4.78, 5) is 13.5. The molecular formula is C21H22N4O4S2. The Bertz CT molecular complexity index is 1050. The zero-order valence-corrected chi connectivity index (χ0v) is 18.4. The third-order valence-electron chi connectivity index (χ3n) is 5.13. The molecule has 0 bridgehead atoms. The molecule has 1 fully saturated rings. The standard InChI is InChI=1S/C21H22N4O4S2/c26-19(22-10-14-5-6-16-17(9-14)29-13-28-16)12-31-21-24-23-20(18-4-2-8-30-18)25(21)11-15-3-1-7-27-15/h2,4-6,8-9,15H,1,3,7,10-13H2,(H,22,26)/t15-/m1/s1. The number of carbonyl (C=O) groups is 1. The van der Waals surface area contributed by atoms with Crippen molar-refractivity contribution >= 4 is 29.0 Å². The van der Waals surface area contributed by atoms with Crippen LogP contribution < -0.4 is 14.8 Å². The highest BCUT2D eigenvalue weighted by molar-refractivity contribution is 7.99. The molecule has 2 aliphatic heterocycles. The Morgan fingerprint density at radius 2 is 2.19 bits per heavy atom. The van der Waals surface area contributed by atoms with Crippen molar-refractivity contribution in [2.45, 2.75) is 37.2 Å². The lowest BCUT2D eigenvalue weighted by Gasteiger charge is -2.14. The first kappa shape index (κ1) is 20.3. The number of ether oxygens (including phenoxy) is 3. The van der Waals surface area contributed by atoms with Crippen LogP contribution in [0.3, 0.4) is 0 Å². The molecule has 1 saturated heterocycles. The van der Waals surface area contributed by atoms with Gasteiger partial charge in [0.05, 0.1) is 23.3 Å². The normalized spacial score (nSPS) is 17.2. The third kappa shape index (κ3) is 4.70. The molecule has 0 saturated carbocycles. The van der Waals surface area contributed by atoms with E-state index in [9.17, 15) is 4.79 Å². The van der Waals surface area contributed by atoms with Gasteiger partial charge in [-0.2, -0.15) is 0 Å². The van der Waals surface area contributed by atoms with Crippen molar-refractivity contribution in [2.75, 3.05) is 19.2 Å². The summed E-state index contributed by atoms with van der Waals surface area (Å²) in [6.07, 6.45) is 2.27. The van der Waals surface area contributed by atoms with Crippen LogP contribution in [0.15, 0.2) is 40.9 Å². The van der Waals surface area contributed by atoms with Crippen LogP contribution in [0.25, 0.3) is 10.7 Å². The number of hydrogen-bond acceptors (Lipinski definition) is 8. The lowest BCUT2D eigenvalue weighted by molar-refractivity contribution is -0.118. The van der Waals surface area contributed by atoms with Crippen LogP contribution in [0.5, 0.6) is 11.5 Å². The quantitative estimate of drug-likeness (QED) is 0.518. The molecule has 0 unspecified atom stereocenters. The molecule has 3 aromatic rings. The highest BCUT2D eigenvalue weighted by atomic mass is 32.2. The number of rotatable bonds is 8. The maximum atomic E-state index is 12.4. The summed E-state index contributed by atoms with van der Waals surface area (Å²) < 4.78 is 18.6. The number of benzene rings is 1. The molecule has 1 N–H and O–H groups in total. The Balaban J connectivity index is 1.21. The summed E-state index contributed by atoms with van der Waals surface area (Å²) in [7, 11) is 0. The van der Waals surface area contributed by atoms with Gasteiger partial charge in [0.15, 0.2) is 22.5 Å². The fraction of sp³-hybridized carbons (Fsp3) is 0.381. The van der Waals surface area contributed by atoms with E-state index >= 15 is 0 Å². The van der Waals surface area contributed by atoms with Crippen LogP contribution in [0.2, 0.25) is 0 Å². The van der Waals surface area contributed by atoms with Crippen LogP contribution in [0.4, 0.5) is 0 Å². The van der Waals surface area contributed by atoms with Gasteiger partial charge in [0.1, 0.15) is 0 Å². The summed E-state index contributed by atoms with van der Waals surface area (Å²) in [5.74, 6) is 2.47. The first-order valence-corrected chi connectivity index (χ1v) is 12.0. The SMILES string of the molecule is O=C(CSc1nnc(-c2cccs2)n1C[C@H]1CCCO1)NCc1ccc2c(c1)OCO2. The molecule has 0 spiro atoms. The van der Waals surface area contributed by atoms with Crippen LogP contribution in [-0.4, -0.2) is 45.9 Å². The van der Waals surface area contributed by atoms with Crippen LogP contribution >= 0.6 is 23.1 Å². The minimum absolute atomic E-state index is 0.0630. The molecule has 4 heterocycles. The molecule has 5 rings (SSSR count). The van der Waals surface area contributed by atoms with E-state index in [-0.39, 0.29) is 24.6 Å². The maximum absolute atomic E-state index is 12.4. The second-order valence-electron chi connectivity index (χ2n) is 7.28. The van der Waals surface area contributed by atoms with Crippen molar-refractivity contribution in [3.05, 3.63) is 41.3 Å². The van der Waals surface area contributed by atoms with Gasteiger partial charge in [0.2, 0.25) is 12.7 Å². The van der Waals surface area contributed by atoms with Gasteiger partial charge in [-0.05, 0) is 42.0 Å². The van der Waals surface area contributed by atoms with Crippen LogP contribution in [-0.2, 0) is 22.6 Å². The highest BCUT2D eigenvalue weighted by Gasteiger charge is 2.22. The van der Waals surface area contributed by atoms with Gasteiger partial charge in [-0.15, -0.1) is 21.5 Å². The molecule has 1 atom stereocenters. The smallest absolute Gasteiger partial charge is 0.231 e. The summed E-state index contributed by atoms with van der Waals surface area (Å²) in [5.41, 5.74) is 0.962. The number of carbonyl (C=O) groups excluding carboxylic acids is 1. The molecule has 10 heteroatoms. The monoisotopic (exact) mass is 458 g/mol. The fourth-order valence-electron chi connectivity index (χ4n) is 3.57. The number of nitrogens with zero attached hydrogens (tertiary/aromatic N) is 3. The Kier molecular flexibility index (Phi) is 6.10. The molecule has 2 aromatic heterocycles. The van der Waals surface area contributed by atoms with E-state index in [2.05, 4.69) is 20.1 Å². The van der Waals surface area contributed by atoms with Gasteiger partial charge in [-0.3, -0.25) is 9.36 Å². The largest absolute Gasteiger partial charge is 0.454 e. The molecule has 0 aliphatic carbocycles. The van der Waals surface area contributed by atoms with E-state index in [4.69, 9.17) is 14.2 Å². The first-order chi connectivity index (χ1) is 15.3.